The number of fused-ring (bicyclic) bond motifs is 1. The first-order valence-corrected chi connectivity index (χ1v) is 6.10. The maximum absolute atomic E-state index is 11.9. The van der Waals surface area contributed by atoms with E-state index in [9.17, 15) is 9.59 Å². The van der Waals surface area contributed by atoms with Gasteiger partial charge >= 0.3 is 0 Å². The number of benzene rings is 1. The van der Waals surface area contributed by atoms with E-state index in [1.165, 1.54) is 0 Å². The van der Waals surface area contributed by atoms with Crippen molar-refractivity contribution in [2.24, 2.45) is 11.7 Å². The molecule has 0 spiro atoms. The van der Waals surface area contributed by atoms with Crippen LogP contribution in [0.25, 0.3) is 0 Å². The number of anilines is 2. The Morgan fingerprint density at radius 2 is 2.22 bits per heavy atom. The Labute approximate surface area is 105 Å². The van der Waals surface area contributed by atoms with Gasteiger partial charge in [-0.05, 0) is 36.2 Å². The average Bonchev–Trinajstić information content (AvgIpc) is 2.89. The number of carbonyl (C=O) groups is 2. The minimum atomic E-state index is 0.00901. The van der Waals surface area contributed by atoms with Gasteiger partial charge in [0.25, 0.3) is 0 Å². The minimum Gasteiger partial charge on any atom is -0.330 e. The van der Waals surface area contributed by atoms with E-state index in [-0.39, 0.29) is 17.7 Å². The summed E-state index contributed by atoms with van der Waals surface area (Å²) in [6.45, 7) is 1.21. The molecule has 3 rings (SSSR count). The third-order valence-corrected chi connectivity index (χ3v) is 3.56. The lowest BCUT2D eigenvalue weighted by Crippen LogP contribution is -2.25. The van der Waals surface area contributed by atoms with Gasteiger partial charge in [0.15, 0.2) is 0 Å². The van der Waals surface area contributed by atoms with E-state index in [2.05, 4.69) is 5.32 Å². The zero-order valence-corrected chi connectivity index (χ0v) is 9.98. The second kappa shape index (κ2) is 4.10. The number of hydrogen-bond donors (Lipinski definition) is 2. The van der Waals surface area contributed by atoms with E-state index in [0.29, 0.717) is 25.9 Å². The fraction of sp³-hybridized carbons (Fsp3) is 0.385. The smallest absolute Gasteiger partial charge is 0.228 e. The van der Waals surface area contributed by atoms with Gasteiger partial charge in [-0.25, -0.2) is 0 Å². The van der Waals surface area contributed by atoms with E-state index in [1.54, 1.807) is 4.90 Å². The van der Waals surface area contributed by atoms with Crippen LogP contribution >= 0.6 is 0 Å². The zero-order valence-electron chi connectivity index (χ0n) is 9.98. The van der Waals surface area contributed by atoms with Crippen molar-refractivity contribution in [3.05, 3.63) is 23.8 Å². The lowest BCUT2D eigenvalue weighted by molar-refractivity contribution is -0.117. The molecule has 2 amide bonds. The lowest BCUT2D eigenvalue weighted by Gasteiger charge is -2.17. The van der Waals surface area contributed by atoms with E-state index >= 15 is 0 Å². The number of nitrogens with one attached hydrogen (secondary N) is 1. The molecule has 1 aromatic rings. The highest BCUT2D eigenvalue weighted by molar-refractivity contribution is 6.01. The molecule has 5 heteroatoms. The van der Waals surface area contributed by atoms with Crippen LogP contribution in [0.3, 0.4) is 0 Å². The van der Waals surface area contributed by atoms with Gasteiger partial charge in [-0.2, -0.15) is 0 Å². The fourth-order valence-electron chi connectivity index (χ4n) is 2.57. The summed E-state index contributed by atoms with van der Waals surface area (Å²) in [4.78, 5) is 24.9. The van der Waals surface area contributed by atoms with Crippen molar-refractivity contribution in [2.45, 2.75) is 12.8 Å². The molecular formula is C13H15N3O2. The Morgan fingerprint density at radius 3 is 2.94 bits per heavy atom. The predicted octanol–water partition coefficient (Wildman–Crippen LogP) is 0.493. The van der Waals surface area contributed by atoms with Gasteiger partial charge in [-0.1, -0.05) is 0 Å². The molecule has 0 saturated carbocycles. The molecule has 94 valence electrons. The Morgan fingerprint density at radius 1 is 1.39 bits per heavy atom. The summed E-state index contributed by atoms with van der Waals surface area (Å²) in [7, 11) is 0. The van der Waals surface area contributed by atoms with E-state index < -0.39 is 0 Å². The van der Waals surface area contributed by atoms with Crippen LogP contribution in [-0.2, 0) is 16.0 Å². The third kappa shape index (κ3) is 1.76. The predicted molar refractivity (Wildman–Crippen MR) is 68.3 cm³/mol. The molecule has 18 heavy (non-hydrogen) atoms. The Hall–Kier alpha value is -1.88. The van der Waals surface area contributed by atoms with Crippen LogP contribution < -0.4 is 16.0 Å². The molecule has 1 fully saturated rings. The normalized spacial score (nSPS) is 22.3. The second-order valence-electron chi connectivity index (χ2n) is 4.88. The molecule has 0 aliphatic carbocycles. The standard InChI is InChI=1S/C13H15N3O2/c14-6-8-3-13(18)16(7-8)10-1-2-11-9(4-10)5-12(17)15-11/h1-2,4,8H,3,5-7,14H2,(H,15,17). The molecule has 3 N–H and O–H groups in total. The van der Waals surface area contributed by atoms with E-state index in [0.717, 1.165) is 16.9 Å². The van der Waals surface area contributed by atoms with Crippen molar-refractivity contribution in [3.63, 3.8) is 0 Å². The molecule has 0 aromatic heterocycles. The first kappa shape index (κ1) is 11.2. The molecule has 5 nitrogen and oxygen atoms in total. The number of hydrogen-bond acceptors (Lipinski definition) is 3. The van der Waals surface area contributed by atoms with Gasteiger partial charge < -0.3 is 16.0 Å². The SMILES string of the molecule is NCC1CC(=O)N(c2ccc3c(c2)CC(=O)N3)C1. The third-order valence-electron chi connectivity index (χ3n) is 3.56. The van der Waals surface area contributed by atoms with Crippen LogP contribution in [0.15, 0.2) is 18.2 Å². The average molecular weight is 245 g/mol. The number of nitrogens with zero attached hydrogens (tertiary/aromatic N) is 1. The number of carbonyl (C=O) groups excluding carboxylic acids is 2. The van der Waals surface area contributed by atoms with Gasteiger partial charge in [0, 0.05) is 24.3 Å². The van der Waals surface area contributed by atoms with Crippen LogP contribution in [0, 0.1) is 5.92 Å². The van der Waals surface area contributed by atoms with Gasteiger partial charge in [0.1, 0.15) is 0 Å². The van der Waals surface area contributed by atoms with E-state index in [4.69, 9.17) is 5.73 Å². The van der Waals surface area contributed by atoms with Crippen molar-refractivity contribution in [3.8, 4) is 0 Å². The highest BCUT2D eigenvalue weighted by Crippen LogP contribution is 2.30. The molecule has 2 aliphatic heterocycles. The Balaban J connectivity index is 1.88. The number of amides is 2. The van der Waals surface area contributed by atoms with Crippen LogP contribution in [-0.4, -0.2) is 24.9 Å². The summed E-state index contributed by atoms with van der Waals surface area (Å²) >= 11 is 0. The molecule has 1 atom stereocenters. The quantitative estimate of drug-likeness (QED) is 0.796. The highest BCUT2D eigenvalue weighted by Gasteiger charge is 2.30. The van der Waals surface area contributed by atoms with Crippen LogP contribution in [0.4, 0.5) is 11.4 Å². The number of rotatable bonds is 2. The van der Waals surface area contributed by atoms with Crippen LogP contribution in [0.2, 0.25) is 0 Å². The molecule has 0 radical (unpaired) electrons. The molecule has 1 aromatic carbocycles. The summed E-state index contributed by atoms with van der Waals surface area (Å²) in [5.74, 6) is 0.364. The monoisotopic (exact) mass is 245 g/mol. The molecule has 2 aliphatic rings. The first-order valence-electron chi connectivity index (χ1n) is 6.10. The van der Waals surface area contributed by atoms with Gasteiger partial charge in [-0.3, -0.25) is 9.59 Å². The van der Waals surface area contributed by atoms with Crippen LogP contribution in [0.1, 0.15) is 12.0 Å². The Kier molecular flexibility index (Phi) is 2.56. The van der Waals surface area contributed by atoms with E-state index in [1.807, 2.05) is 18.2 Å². The number of nitrogens with two attached hydrogens (primary N) is 1. The maximum atomic E-state index is 11.9. The fourth-order valence-corrected chi connectivity index (χ4v) is 2.57. The van der Waals surface area contributed by atoms with Gasteiger partial charge in [-0.15, -0.1) is 0 Å². The molecule has 1 saturated heterocycles. The van der Waals surface area contributed by atoms with Crippen molar-refractivity contribution < 1.29 is 9.59 Å². The molecule has 0 bridgehead atoms. The summed E-state index contributed by atoms with van der Waals surface area (Å²) in [5, 5.41) is 2.78. The summed E-state index contributed by atoms with van der Waals surface area (Å²) < 4.78 is 0. The summed E-state index contributed by atoms with van der Waals surface area (Å²) in [6.07, 6.45) is 0.913. The van der Waals surface area contributed by atoms with Gasteiger partial charge in [0.2, 0.25) is 11.8 Å². The highest BCUT2D eigenvalue weighted by atomic mass is 16.2. The molecular weight excluding hydrogens is 230 g/mol. The Bertz CT molecular complexity index is 527. The van der Waals surface area contributed by atoms with Crippen molar-refractivity contribution >= 4 is 23.2 Å². The minimum absolute atomic E-state index is 0.00901. The lowest BCUT2D eigenvalue weighted by atomic mass is 10.1. The van der Waals surface area contributed by atoms with Crippen molar-refractivity contribution in [2.75, 3.05) is 23.3 Å². The zero-order chi connectivity index (χ0) is 12.7. The first-order chi connectivity index (χ1) is 8.67. The van der Waals surface area contributed by atoms with Gasteiger partial charge in [0.05, 0.1) is 6.42 Å². The second-order valence-corrected chi connectivity index (χ2v) is 4.88. The van der Waals surface area contributed by atoms with Crippen LogP contribution in [0.5, 0.6) is 0 Å². The topological polar surface area (TPSA) is 75.4 Å². The van der Waals surface area contributed by atoms with Crippen molar-refractivity contribution in [1.82, 2.24) is 0 Å². The molecule has 2 heterocycles. The summed E-state index contributed by atoms with van der Waals surface area (Å²) in [6, 6.07) is 5.66. The summed E-state index contributed by atoms with van der Waals surface area (Å²) in [5.41, 5.74) is 8.29. The maximum Gasteiger partial charge on any atom is 0.228 e. The van der Waals surface area contributed by atoms with Crippen molar-refractivity contribution in [1.29, 1.82) is 0 Å². The molecule has 1 unspecified atom stereocenters. The largest absolute Gasteiger partial charge is 0.330 e.